The number of carbonyl (C=O) groups excluding carboxylic acids is 4. The molecule has 33 heavy (non-hydrogen) atoms. The van der Waals surface area contributed by atoms with Crippen LogP contribution in [0.15, 0.2) is 66.7 Å². The Morgan fingerprint density at radius 1 is 0.939 bits per heavy atom. The number of imide groups is 1. The lowest BCUT2D eigenvalue weighted by Gasteiger charge is -2.34. The highest BCUT2D eigenvalue weighted by molar-refractivity contribution is 6.24. The Labute approximate surface area is 189 Å². The summed E-state index contributed by atoms with van der Waals surface area (Å²) in [5, 5.41) is 0. The summed E-state index contributed by atoms with van der Waals surface area (Å²) in [6.07, 6.45) is 1.02. The Hall–Kier alpha value is -3.78. The third-order valence-electron chi connectivity index (χ3n) is 6.22. The van der Waals surface area contributed by atoms with Crippen molar-refractivity contribution in [1.82, 2.24) is 0 Å². The van der Waals surface area contributed by atoms with E-state index in [1.54, 1.807) is 24.3 Å². The minimum absolute atomic E-state index is 0.408. The molecule has 0 spiro atoms. The van der Waals surface area contributed by atoms with E-state index in [2.05, 4.69) is 0 Å². The van der Waals surface area contributed by atoms with E-state index in [9.17, 15) is 19.2 Å². The van der Waals surface area contributed by atoms with E-state index in [4.69, 9.17) is 14.2 Å². The van der Waals surface area contributed by atoms with Crippen LogP contribution < -0.4 is 4.90 Å². The van der Waals surface area contributed by atoms with Crippen LogP contribution in [0.3, 0.4) is 0 Å². The van der Waals surface area contributed by atoms with Gasteiger partial charge in [-0.25, -0.2) is 4.90 Å². The molecule has 3 aliphatic rings. The zero-order valence-electron chi connectivity index (χ0n) is 18.0. The van der Waals surface area contributed by atoms with Crippen LogP contribution in [-0.2, 0) is 33.4 Å². The van der Waals surface area contributed by atoms with E-state index < -0.39 is 53.6 Å². The van der Waals surface area contributed by atoms with Gasteiger partial charge in [-0.3, -0.25) is 19.2 Å². The monoisotopic (exact) mass is 447 g/mol. The molecule has 0 N–H and O–H groups in total. The highest BCUT2D eigenvalue weighted by Gasteiger charge is 2.72. The summed E-state index contributed by atoms with van der Waals surface area (Å²) in [5.74, 6) is -4.14. The maximum Gasteiger partial charge on any atom is 0.305 e. The lowest BCUT2D eigenvalue weighted by molar-refractivity contribution is -0.226. The normalized spacial score (nSPS) is 27.2. The van der Waals surface area contributed by atoms with Crippen molar-refractivity contribution in [3.8, 4) is 11.1 Å². The van der Waals surface area contributed by atoms with E-state index in [0.29, 0.717) is 5.69 Å². The fourth-order valence-corrected chi connectivity index (χ4v) is 4.98. The van der Waals surface area contributed by atoms with E-state index >= 15 is 0 Å². The SMILES string of the molecule is CC(=O)OC(OC(C)=O)[C@@]12C=C[C@H](O1)[C@@H]1C(=O)N(c3ccccc3-c3ccccc3)C(=O)[C@@H]12. The van der Waals surface area contributed by atoms with Crippen LogP contribution in [0.5, 0.6) is 0 Å². The maximum absolute atomic E-state index is 13.8. The number of benzene rings is 2. The van der Waals surface area contributed by atoms with Crippen molar-refractivity contribution in [1.29, 1.82) is 0 Å². The van der Waals surface area contributed by atoms with Crippen molar-refractivity contribution < 1.29 is 33.4 Å². The molecule has 3 aliphatic heterocycles. The molecular weight excluding hydrogens is 426 g/mol. The summed E-state index contributed by atoms with van der Waals surface area (Å²) in [6.45, 7) is 2.33. The summed E-state index contributed by atoms with van der Waals surface area (Å²) >= 11 is 0. The Bertz CT molecular complexity index is 1170. The summed E-state index contributed by atoms with van der Waals surface area (Å²) < 4.78 is 16.5. The summed E-state index contributed by atoms with van der Waals surface area (Å²) in [5.41, 5.74) is 0.469. The van der Waals surface area contributed by atoms with Crippen molar-refractivity contribution in [3.63, 3.8) is 0 Å². The molecule has 0 radical (unpaired) electrons. The molecule has 0 aliphatic carbocycles. The molecule has 2 fully saturated rings. The maximum atomic E-state index is 13.8. The molecule has 168 valence electrons. The van der Waals surface area contributed by atoms with Gasteiger partial charge in [0.15, 0.2) is 5.60 Å². The molecular formula is C25H21NO7. The largest absolute Gasteiger partial charge is 0.422 e. The molecule has 0 saturated carbocycles. The van der Waals surface area contributed by atoms with Gasteiger partial charge < -0.3 is 14.2 Å². The molecule has 5 rings (SSSR count). The summed E-state index contributed by atoms with van der Waals surface area (Å²) in [4.78, 5) is 52.0. The quantitative estimate of drug-likeness (QED) is 0.301. The van der Waals surface area contributed by atoms with E-state index in [-0.39, 0.29) is 0 Å². The number of anilines is 1. The van der Waals surface area contributed by atoms with Crippen molar-refractivity contribution in [2.75, 3.05) is 4.90 Å². The highest BCUT2D eigenvalue weighted by Crippen LogP contribution is 2.55. The van der Waals surface area contributed by atoms with Gasteiger partial charge in [-0.05, 0) is 17.7 Å². The fourth-order valence-electron chi connectivity index (χ4n) is 4.98. The van der Waals surface area contributed by atoms with Gasteiger partial charge in [0.25, 0.3) is 6.29 Å². The fraction of sp³-hybridized carbons (Fsp3) is 0.280. The van der Waals surface area contributed by atoms with Gasteiger partial charge in [-0.15, -0.1) is 0 Å². The predicted octanol–water partition coefficient (Wildman–Crippen LogP) is 2.62. The predicted molar refractivity (Wildman–Crippen MR) is 115 cm³/mol. The second-order valence-corrected chi connectivity index (χ2v) is 8.24. The smallest absolute Gasteiger partial charge is 0.305 e. The number of para-hydroxylation sites is 1. The number of ether oxygens (including phenoxy) is 3. The zero-order valence-corrected chi connectivity index (χ0v) is 18.0. The number of nitrogens with zero attached hydrogens (tertiary/aromatic N) is 1. The Morgan fingerprint density at radius 3 is 2.24 bits per heavy atom. The second kappa shape index (κ2) is 7.67. The second-order valence-electron chi connectivity index (χ2n) is 8.24. The average molecular weight is 447 g/mol. The van der Waals surface area contributed by atoms with Crippen molar-refractivity contribution >= 4 is 29.4 Å². The first-order valence-corrected chi connectivity index (χ1v) is 10.6. The molecule has 3 heterocycles. The number of fused-ring (bicyclic) bond motifs is 5. The zero-order chi connectivity index (χ0) is 23.3. The lowest BCUT2D eigenvalue weighted by Crippen LogP contribution is -2.52. The Balaban J connectivity index is 1.58. The molecule has 2 saturated heterocycles. The Morgan fingerprint density at radius 2 is 1.58 bits per heavy atom. The van der Waals surface area contributed by atoms with Crippen LogP contribution in [0.4, 0.5) is 5.69 Å². The number of carbonyl (C=O) groups is 4. The topological polar surface area (TPSA) is 99.2 Å². The Kier molecular flexibility index (Phi) is 4.90. The molecule has 2 amide bonds. The minimum atomic E-state index is -1.57. The van der Waals surface area contributed by atoms with Crippen LogP contribution in [0.1, 0.15) is 13.8 Å². The molecule has 4 atom stereocenters. The van der Waals surface area contributed by atoms with Gasteiger partial charge in [0.2, 0.25) is 11.8 Å². The first-order chi connectivity index (χ1) is 15.8. The third kappa shape index (κ3) is 3.17. The number of amides is 2. The van der Waals surface area contributed by atoms with Crippen LogP contribution >= 0.6 is 0 Å². The molecule has 8 nitrogen and oxygen atoms in total. The number of hydrogen-bond donors (Lipinski definition) is 0. The van der Waals surface area contributed by atoms with Gasteiger partial charge in [0.1, 0.15) is 0 Å². The van der Waals surface area contributed by atoms with Gasteiger partial charge in [0.05, 0.1) is 23.6 Å². The van der Waals surface area contributed by atoms with Crippen LogP contribution in [0.25, 0.3) is 11.1 Å². The van der Waals surface area contributed by atoms with Crippen LogP contribution in [-0.4, -0.2) is 41.7 Å². The summed E-state index contributed by atoms with van der Waals surface area (Å²) in [6, 6.07) is 16.6. The van der Waals surface area contributed by atoms with Gasteiger partial charge >= 0.3 is 11.9 Å². The van der Waals surface area contributed by atoms with Gasteiger partial charge in [0, 0.05) is 19.4 Å². The first kappa shape index (κ1) is 21.1. The highest BCUT2D eigenvalue weighted by atomic mass is 16.7. The number of hydrogen-bond acceptors (Lipinski definition) is 7. The third-order valence-corrected chi connectivity index (χ3v) is 6.22. The average Bonchev–Trinajstić information content (AvgIpc) is 3.44. The molecule has 0 unspecified atom stereocenters. The van der Waals surface area contributed by atoms with Crippen molar-refractivity contribution in [3.05, 3.63) is 66.7 Å². The van der Waals surface area contributed by atoms with E-state index in [1.807, 2.05) is 42.5 Å². The van der Waals surface area contributed by atoms with Crippen LogP contribution in [0.2, 0.25) is 0 Å². The molecule has 8 heteroatoms. The van der Waals surface area contributed by atoms with Gasteiger partial charge in [-0.1, -0.05) is 54.6 Å². The van der Waals surface area contributed by atoms with E-state index in [1.165, 1.54) is 18.7 Å². The minimum Gasteiger partial charge on any atom is -0.422 e. The van der Waals surface area contributed by atoms with Gasteiger partial charge in [-0.2, -0.15) is 0 Å². The molecule has 2 bridgehead atoms. The van der Waals surface area contributed by atoms with Crippen molar-refractivity contribution in [2.24, 2.45) is 11.8 Å². The molecule has 2 aromatic carbocycles. The molecule has 2 aromatic rings. The standard InChI is InChI=1S/C25H21NO7/c1-14(27)31-24(32-15(2)28)25-13-12-19(33-25)20-21(25)23(30)26(22(20)29)18-11-7-6-10-17(18)16-8-4-3-5-9-16/h3-13,19-21,24H,1-2H3/t19-,20-,21+,25-/m0/s1. The van der Waals surface area contributed by atoms with Crippen LogP contribution in [0, 0.1) is 11.8 Å². The van der Waals surface area contributed by atoms with Crippen molar-refractivity contribution in [2.45, 2.75) is 31.8 Å². The lowest BCUT2D eigenvalue weighted by atomic mass is 9.76. The molecule has 0 aromatic heterocycles. The van der Waals surface area contributed by atoms with E-state index in [0.717, 1.165) is 11.1 Å². The number of rotatable bonds is 5. The summed E-state index contributed by atoms with van der Waals surface area (Å²) in [7, 11) is 0. The number of esters is 2. The first-order valence-electron chi connectivity index (χ1n) is 10.6.